The van der Waals surface area contributed by atoms with Crippen molar-refractivity contribution >= 4 is 17.7 Å². The Bertz CT molecular complexity index is 843. The van der Waals surface area contributed by atoms with Gasteiger partial charge >= 0.3 is 6.09 Å². The van der Waals surface area contributed by atoms with Crippen LogP contribution in [-0.2, 0) is 16.1 Å². The number of aliphatic hydroxyl groups is 1. The lowest BCUT2D eigenvalue weighted by atomic mass is 10.0. The Morgan fingerprint density at radius 3 is 2.92 bits per heavy atom. The van der Waals surface area contributed by atoms with Gasteiger partial charge in [0.15, 0.2) is 0 Å². The van der Waals surface area contributed by atoms with Crippen molar-refractivity contribution < 1.29 is 23.8 Å². The molecule has 1 saturated heterocycles. The first-order chi connectivity index (χ1) is 12.5. The molecule has 1 atom stereocenters. The van der Waals surface area contributed by atoms with E-state index in [2.05, 4.69) is 10.3 Å². The summed E-state index contributed by atoms with van der Waals surface area (Å²) in [6, 6.07) is 7.70. The summed E-state index contributed by atoms with van der Waals surface area (Å²) in [4.78, 5) is 28.3. The second-order valence-electron chi connectivity index (χ2n) is 5.91. The number of nitrogens with zero attached hydrogens (tertiary/aromatic N) is 2. The molecule has 1 aliphatic rings. The molecule has 2 aromatic rings. The van der Waals surface area contributed by atoms with Crippen LogP contribution in [0, 0.1) is 5.82 Å². The van der Waals surface area contributed by atoms with Gasteiger partial charge in [-0.1, -0.05) is 0 Å². The van der Waals surface area contributed by atoms with Gasteiger partial charge in [-0.15, -0.1) is 0 Å². The molecule has 0 aliphatic carbocycles. The minimum absolute atomic E-state index is 0.207. The van der Waals surface area contributed by atoms with Crippen LogP contribution in [0.1, 0.15) is 12.6 Å². The quantitative estimate of drug-likeness (QED) is 0.850. The maximum atomic E-state index is 14.6. The van der Waals surface area contributed by atoms with Crippen LogP contribution < -0.4 is 10.2 Å². The van der Waals surface area contributed by atoms with E-state index in [0.29, 0.717) is 22.5 Å². The molecule has 8 heteroatoms. The van der Waals surface area contributed by atoms with Gasteiger partial charge in [-0.05, 0) is 35.9 Å². The average Bonchev–Trinajstić information content (AvgIpc) is 3.00. The summed E-state index contributed by atoms with van der Waals surface area (Å²) >= 11 is 0. The number of aromatic nitrogens is 1. The zero-order valence-electron chi connectivity index (χ0n) is 14.1. The third kappa shape index (κ3) is 3.80. The summed E-state index contributed by atoms with van der Waals surface area (Å²) < 4.78 is 19.8. The number of hydrogen-bond donors (Lipinski definition) is 2. The summed E-state index contributed by atoms with van der Waals surface area (Å²) in [5.41, 5.74) is 1.74. The lowest BCUT2D eigenvalue weighted by Crippen LogP contribution is -2.33. The first-order valence-corrected chi connectivity index (χ1v) is 8.06. The van der Waals surface area contributed by atoms with Crippen molar-refractivity contribution in [3.8, 4) is 11.1 Å². The molecule has 2 heterocycles. The maximum Gasteiger partial charge on any atom is 0.414 e. The highest BCUT2D eigenvalue weighted by Crippen LogP contribution is 2.29. The van der Waals surface area contributed by atoms with E-state index in [1.807, 2.05) is 0 Å². The molecule has 0 unspecified atom stereocenters. The number of benzene rings is 1. The molecule has 136 valence electrons. The predicted molar refractivity (Wildman–Crippen MR) is 91.9 cm³/mol. The predicted octanol–water partition coefficient (Wildman–Crippen LogP) is 1.84. The molecular formula is C18H18FN3O4. The summed E-state index contributed by atoms with van der Waals surface area (Å²) in [5, 5.41) is 11.7. The Kier molecular flexibility index (Phi) is 5.13. The lowest BCUT2D eigenvalue weighted by molar-refractivity contribution is -0.119. The molecule has 3 rings (SSSR count). The second-order valence-corrected chi connectivity index (χ2v) is 5.91. The number of amides is 2. The van der Waals surface area contributed by atoms with Crippen LogP contribution in [0.5, 0.6) is 0 Å². The normalized spacial score (nSPS) is 16.5. The fourth-order valence-corrected chi connectivity index (χ4v) is 2.73. The molecule has 2 N–H and O–H groups in total. The number of nitrogens with one attached hydrogen (secondary N) is 1. The Morgan fingerprint density at radius 2 is 2.23 bits per heavy atom. The third-order valence-corrected chi connectivity index (χ3v) is 4.01. The monoisotopic (exact) mass is 359 g/mol. The SMILES string of the molecule is CC(=O)NC[C@H]1CN(c2ccc(-c3ccnc(CO)c3)c(F)c2)C(=O)O1. The first kappa shape index (κ1) is 17.8. The summed E-state index contributed by atoms with van der Waals surface area (Å²) in [6.07, 6.45) is 0.430. The summed E-state index contributed by atoms with van der Waals surface area (Å²) in [7, 11) is 0. The van der Waals surface area contributed by atoms with Crippen LogP contribution in [0.15, 0.2) is 36.5 Å². The van der Waals surface area contributed by atoms with E-state index in [-0.39, 0.29) is 25.6 Å². The van der Waals surface area contributed by atoms with E-state index in [1.165, 1.54) is 24.1 Å². The van der Waals surface area contributed by atoms with E-state index >= 15 is 0 Å². The van der Waals surface area contributed by atoms with Gasteiger partial charge in [-0.3, -0.25) is 14.7 Å². The third-order valence-electron chi connectivity index (χ3n) is 4.01. The highest BCUT2D eigenvalue weighted by molar-refractivity contribution is 5.90. The fraction of sp³-hybridized carbons (Fsp3) is 0.278. The average molecular weight is 359 g/mol. The maximum absolute atomic E-state index is 14.6. The molecule has 26 heavy (non-hydrogen) atoms. The summed E-state index contributed by atoms with van der Waals surface area (Å²) in [6.45, 7) is 1.58. The highest BCUT2D eigenvalue weighted by atomic mass is 19.1. The minimum atomic E-state index is -0.584. The van der Waals surface area contributed by atoms with E-state index < -0.39 is 18.0 Å². The zero-order valence-corrected chi connectivity index (χ0v) is 14.1. The molecule has 0 bridgehead atoms. The minimum Gasteiger partial charge on any atom is -0.442 e. The zero-order chi connectivity index (χ0) is 18.7. The molecule has 0 radical (unpaired) electrons. The fourth-order valence-electron chi connectivity index (χ4n) is 2.73. The van der Waals surface area contributed by atoms with Crippen molar-refractivity contribution in [2.45, 2.75) is 19.6 Å². The number of halogens is 1. The lowest BCUT2D eigenvalue weighted by Gasteiger charge is -2.14. The second kappa shape index (κ2) is 7.49. The largest absolute Gasteiger partial charge is 0.442 e. The Hall–Kier alpha value is -3.00. The Morgan fingerprint density at radius 1 is 1.42 bits per heavy atom. The number of rotatable bonds is 5. The Balaban J connectivity index is 1.79. The smallest absolute Gasteiger partial charge is 0.414 e. The van der Waals surface area contributed by atoms with Gasteiger partial charge in [0.1, 0.15) is 11.9 Å². The van der Waals surface area contributed by atoms with E-state index in [0.717, 1.165) is 0 Å². The van der Waals surface area contributed by atoms with Crippen LogP contribution in [-0.4, -0.2) is 41.3 Å². The van der Waals surface area contributed by atoms with Gasteiger partial charge in [-0.2, -0.15) is 0 Å². The number of carbonyl (C=O) groups is 2. The molecule has 1 aliphatic heterocycles. The van der Waals surface area contributed by atoms with Crippen molar-refractivity contribution in [1.82, 2.24) is 10.3 Å². The molecule has 1 aromatic carbocycles. The number of cyclic esters (lactones) is 1. The van der Waals surface area contributed by atoms with Crippen LogP contribution >= 0.6 is 0 Å². The van der Waals surface area contributed by atoms with Crippen molar-refractivity contribution in [3.05, 3.63) is 48.0 Å². The van der Waals surface area contributed by atoms with Gasteiger partial charge in [-0.25, -0.2) is 9.18 Å². The van der Waals surface area contributed by atoms with Crippen molar-refractivity contribution in [1.29, 1.82) is 0 Å². The van der Waals surface area contributed by atoms with Crippen LogP contribution in [0.2, 0.25) is 0 Å². The Labute approximate surface area is 149 Å². The van der Waals surface area contributed by atoms with Crippen LogP contribution in [0.4, 0.5) is 14.9 Å². The molecular weight excluding hydrogens is 341 g/mol. The number of ether oxygens (including phenoxy) is 1. The number of hydrogen-bond acceptors (Lipinski definition) is 5. The topological polar surface area (TPSA) is 91.8 Å². The molecule has 0 saturated carbocycles. The van der Waals surface area contributed by atoms with E-state index in [1.54, 1.807) is 24.3 Å². The standard InChI is InChI=1S/C18H18FN3O4/c1-11(24)21-8-15-9-22(18(25)26-15)14-2-3-16(17(19)7-14)12-4-5-20-13(6-12)10-23/h2-7,15,23H,8-10H2,1H3,(H,21,24)/t15-/m0/s1. The molecule has 1 fully saturated rings. The van der Waals surface area contributed by atoms with Gasteiger partial charge in [0.2, 0.25) is 5.91 Å². The molecule has 1 aromatic heterocycles. The highest BCUT2D eigenvalue weighted by Gasteiger charge is 2.32. The van der Waals surface area contributed by atoms with E-state index in [9.17, 15) is 14.0 Å². The number of carbonyl (C=O) groups excluding carboxylic acids is 2. The van der Waals surface area contributed by atoms with Gasteiger partial charge < -0.3 is 15.2 Å². The molecule has 0 spiro atoms. The number of anilines is 1. The molecule has 2 amide bonds. The van der Waals surface area contributed by atoms with Gasteiger partial charge in [0.25, 0.3) is 0 Å². The van der Waals surface area contributed by atoms with Gasteiger partial charge in [0, 0.05) is 18.7 Å². The summed E-state index contributed by atoms with van der Waals surface area (Å²) in [5.74, 6) is -0.717. The van der Waals surface area contributed by atoms with Crippen molar-refractivity contribution in [3.63, 3.8) is 0 Å². The van der Waals surface area contributed by atoms with Crippen LogP contribution in [0.3, 0.4) is 0 Å². The number of pyridine rings is 1. The van der Waals surface area contributed by atoms with E-state index in [4.69, 9.17) is 9.84 Å². The van der Waals surface area contributed by atoms with Gasteiger partial charge in [0.05, 0.1) is 31.1 Å². The first-order valence-electron chi connectivity index (χ1n) is 8.06. The molecule has 7 nitrogen and oxygen atoms in total. The van der Waals surface area contributed by atoms with Crippen molar-refractivity contribution in [2.24, 2.45) is 0 Å². The van der Waals surface area contributed by atoms with Crippen LogP contribution in [0.25, 0.3) is 11.1 Å². The number of aliphatic hydroxyl groups excluding tert-OH is 1. The van der Waals surface area contributed by atoms with Crippen molar-refractivity contribution in [2.75, 3.05) is 18.0 Å².